The first-order chi connectivity index (χ1) is 10.9. The summed E-state index contributed by atoms with van der Waals surface area (Å²) >= 11 is 3.44. The van der Waals surface area contributed by atoms with Crippen molar-refractivity contribution in [2.24, 2.45) is 4.99 Å². The number of rotatable bonds is 2. The SMILES string of the molecule is CC(C)(C)ON1CN=C(Nc2ccc(Br)cc2)c2cccnc21. The number of amidine groups is 1. The van der Waals surface area contributed by atoms with E-state index in [0.717, 1.165) is 27.4 Å². The van der Waals surface area contributed by atoms with E-state index < -0.39 is 0 Å². The zero-order valence-electron chi connectivity index (χ0n) is 13.4. The van der Waals surface area contributed by atoms with E-state index in [4.69, 9.17) is 4.84 Å². The Kier molecular flexibility index (Phi) is 4.37. The van der Waals surface area contributed by atoms with E-state index in [0.29, 0.717) is 6.67 Å². The molecule has 0 saturated heterocycles. The number of halogens is 1. The van der Waals surface area contributed by atoms with Crippen LogP contribution in [-0.4, -0.2) is 23.1 Å². The zero-order valence-corrected chi connectivity index (χ0v) is 15.0. The molecule has 1 aliphatic heterocycles. The van der Waals surface area contributed by atoms with Gasteiger partial charge >= 0.3 is 0 Å². The number of aliphatic imine (C=N–C) groups is 1. The molecule has 6 heteroatoms. The molecule has 23 heavy (non-hydrogen) atoms. The monoisotopic (exact) mass is 374 g/mol. The number of fused-ring (bicyclic) bond motifs is 1. The smallest absolute Gasteiger partial charge is 0.165 e. The summed E-state index contributed by atoms with van der Waals surface area (Å²) < 4.78 is 1.04. The van der Waals surface area contributed by atoms with Crippen LogP contribution in [0.5, 0.6) is 0 Å². The van der Waals surface area contributed by atoms with Gasteiger partial charge in [0, 0.05) is 16.4 Å². The number of hydroxylamine groups is 1. The molecule has 0 atom stereocenters. The van der Waals surface area contributed by atoms with Crippen LogP contribution in [0.15, 0.2) is 52.1 Å². The molecule has 0 saturated carbocycles. The second-order valence-electron chi connectivity index (χ2n) is 6.24. The van der Waals surface area contributed by atoms with E-state index in [1.54, 1.807) is 11.3 Å². The molecule has 0 radical (unpaired) electrons. The van der Waals surface area contributed by atoms with E-state index in [-0.39, 0.29) is 5.60 Å². The van der Waals surface area contributed by atoms with Gasteiger partial charge in [0.25, 0.3) is 0 Å². The van der Waals surface area contributed by atoms with E-state index in [1.165, 1.54) is 0 Å². The maximum Gasteiger partial charge on any atom is 0.165 e. The molecule has 1 N–H and O–H groups in total. The van der Waals surface area contributed by atoms with Gasteiger partial charge in [-0.1, -0.05) is 15.9 Å². The number of anilines is 2. The minimum absolute atomic E-state index is 0.305. The minimum atomic E-state index is -0.305. The molecule has 0 fully saturated rings. The highest BCUT2D eigenvalue weighted by molar-refractivity contribution is 9.10. The van der Waals surface area contributed by atoms with Crippen molar-refractivity contribution < 1.29 is 4.84 Å². The Balaban J connectivity index is 1.87. The summed E-state index contributed by atoms with van der Waals surface area (Å²) in [5, 5.41) is 5.09. The number of nitrogens with zero attached hydrogens (tertiary/aromatic N) is 3. The van der Waals surface area contributed by atoms with Gasteiger partial charge < -0.3 is 5.32 Å². The Morgan fingerprint density at radius 1 is 1.17 bits per heavy atom. The molecule has 0 aliphatic carbocycles. The van der Waals surface area contributed by atoms with Crippen LogP contribution >= 0.6 is 15.9 Å². The first-order valence-electron chi connectivity index (χ1n) is 7.41. The summed E-state index contributed by atoms with van der Waals surface area (Å²) in [6, 6.07) is 11.9. The normalized spacial score (nSPS) is 14.3. The third kappa shape index (κ3) is 3.89. The van der Waals surface area contributed by atoms with Crippen molar-refractivity contribution in [2.75, 3.05) is 17.0 Å². The van der Waals surface area contributed by atoms with Crippen molar-refractivity contribution in [1.82, 2.24) is 4.98 Å². The van der Waals surface area contributed by atoms with Crippen LogP contribution in [0.3, 0.4) is 0 Å². The first-order valence-corrected chi connectivity index (χ1v) is 8.21. The molecule has 1 aromatic heterocycles. The van der Waals surface area contributed by atoms with Gasteiger partial charge in [-0.25, -0.2) is 15.0 Å². The molecule has 2 aromatic rings. The molecular formula is C17H19BrN4O. The van der Waals surface area contributed by atoms with Crippen molar-refractivity contribution in [3.63, 3.8) is 0 Å². The molecule has 0 amide bonds. The highest BCUT2D eigenvalue weighted by Crippen LogP contribution is 2.26. The Morgan fingerprint density at radius 2 is 1.91 bits per heavy atom. The van der Waals surface area contributed by atoms with Gasteiger partial charge in [-0.3, -0.25) is 4.84 Å². The summed E-state index contributed by atoms with van der Waals surface area (Å²) in [4.78, 5) is 15.0. The molecule has 120 valence electrons. The topological polar surface area (TPSA) is 49.8 Å². The average Bonchev–Trinajstić information content (AvgIpc) is 2.51. The molecule has 1 aromatic carbocycles. The quantitative estimate of drug-likeness (QED) is 0.854. The van der Waals surface area contributed by atoms with Gasteiger partial charge in [0.05, 0.1) is 11.2 Å². The zero-order chi connectivity index (χ0) is 16.4. The van der Waals surface area contributed by atoms with Crippen molar-refractivity contribution in [3.05, 3.63) is 52.6 Å². The number of hydrogen-bond donors (Lipinski definition) is 1. The summed E-state index contributed by atoms with van der Waals surface area (Å²) in [5.41, 5.74) is 1.60. The van der Waals surface area contributed by atoms with E-state index in [1.807, 2.05) is 57.2 Å². The largest absolute Gasteiger partial charge is 0.340 e. The lowest BCUT2D eigenvalue weighted by atomic mass is 10.2. The molecular weight excluding hydrogens is 356 g/mol. The van der Waals surface area contributed by atoms with Crippen molar-refractivity contribution in [2.45, 2.75) is 26.4 Å². The predicted molar refractivity (Wildman–Crippen MR) is 96.7 cm³/mol. The highest BCUT2D eigenvalue weighted by Gasteiger charge is 2.26. The van der Waals surface area contributed by atoms with Crippen LogP contribution in [0.4, 0.5) is 11.5 Å². The van der Waals surface area contributed by atoms with Crippen LogP contribution in [0.2, 0.25) is 0 Å². The first kappa shape index (κ1) is 16.0. The average molecular weight is 375 g/mol. The van der Waals surface area contributed by atoms with Gasteiger partial charge in [-0.15, -0.1) is 0 Å². The van der Waals surface area contributed by atoms with Crippen molar-refractivity contribution in [1.29, 1.82) is 0 Å². The lowest BCUT2D eigenvalue weighted by Crippen LogP contribution is -2.39. The Labute approximate surface area is 144 Å². The van der Waals surface area contributed by atoms with Crippen LogP contribution in [-0.2, 0) is 4.84 Å². The minimum Gasteiger partial charge on any atom is -0.340 e. The third-order valence-corrected chi connectivity index (χ3v) is 3.65. The van der Waals surface area contributed by atoms with Crippen molar-refractivity contribution in [3.8, 4) is 0 Å². The van der Waals surface area contributed by atoms with E-state index in [9.17, 15) is 0 Å². The summed E-state index contributed by atoms with van der Waals surface area (Å²) in [5.74, 6) is 1.57. The van der Waals surface area contributed by atoms with Crippen LogP contribution in [0.25, 0.3) is 0 Å². The molecule has 1 aliphatic rings. The number of benzene rings is 1. The standard InChI is InChI=1S/C17H19BrN4O/c1-17(2,3)23-22-11-20-15(14-5-4-10-19-16(14)22)21-13-8-6-12(18)7-9-13/h4-10H,11H2,1-3H3,(H,20,21). The van der Waals surface area contributed by atoms with E-state index >= 15 is 0 Å². The van der Waals surface area contributed by atoms with Gasteiger partial charge in [0.15, 0.2) is 5.82 Å². The Bertz CT molecular complexity index is 722. The summed E-state index contributed by atoms with van der Waals surface area (Å²) in [6.07, 6.45) is 1.76. The maximum absolute atomic E-state index is 5.95. The molecule has 0 unspecified atom stereocenters. The molecule has 5 nitrogen and oxygen atoms in total. The third-order valence-electron chi connectivity index (χ3n) is 3.13. The number of aromatic nitrogens is 1. The van der Waals surface area contributed by atoms with Gasteiger partial charge in [0.1, 0.15) is 12.5 Å². The van der Waals surface area contributed by atoms with Crippen LogP contribution in [0, 0.1) is 0 Å². The second kappa shape index (κ2) is 6.29. The number of hydrogen-bond acceptors (Lipinski definition) is 5. The van der Waals surface area contributed by atoms with Gasteiger partial charge in [0.2, 0.25) is 0 Å². The fraction of sp³-hybridized carbons (Fsp3) is 0.294. The fourth-order valence-corrected chi connectivity index (χ4v) is 2.51. The number of nitrogens with one attached hydrogen (secondary N) is 1. The predicted octanol–water partition coefficient (Wildman–Crippen LogP) is 4.21. The van der Waals surface area contributed by atoms with E-state index in [2.05, 4.69) is 31.2 Å². The second-order valence-corrected chi connectivity index (χ2v) is 7.15. The Hall–Kier alpha value is -1.92. The summed E-state index contributed by atoms with van der Waals surface area (Å²) in [7, 11) is 0. The highest BCUT2D eigenvalue weighted by atomic mass is 79.9. The number of pyridine rings is 1. The van der Waals surface area contributed by atoms with Crippen LogP contribution < -0.4 is 10.4 Å². The van der Waals surface area contributed by atoms with Crippen molar-refractivity contribution >= 4 is 33.3 Å². The molecule has 2 heterocycles. The summed E-state index contributed by atoms with van der Waals surface area (Å²) in [6.45, 7) is 6.43. The molecule has 0 bridgehead atoms. The maximum atomic E-state index is 5.95. The molecule has 0 spiro atoms. The van der Waals surface area contributed by atoms with Gasteiger partial charge in [-0.2, -0.15) is 0 Å². The van der Waals surface area contributed by atoms with Gasteiger partial charge in [-0.05, 0) is 57.2 Å². The fourth-order valence-electron chi connectivity index (χ4n) is 2.25. The molecule has 3 rings (SSSR count). The lowest BCUT2D eigenvalue weighted by Gasteiger charge is -2.33. The lowest BCUT2D eigenvalue weighted by molar-refractivity contribution is -0.0218. The van der Waals surface area contributed by atoms with Crippen LogP contribution in [0.1, 0.15) is 26.3 Å². The Morgan fingerprint density at radius 3 is 2.61 bits per heavy atom.